The normalized spacial score (nSPS) is 11.7. The zero-order chi connectivity index (χ0) is 25.2. The first kappa shape index (κ1) is 26.1. The Morgan fingerprint density at radius 2 is 1.66 bits per heavy atom. The summed E-state index contributed by atoms with van der Waals surface area (Å²) in [6.45, 7) is 6.59. The Bertz CT molecular complexity index is 1130. The molecule has 0 saturated heterocycles. The molecule has 0 unspecified atom stereocenters. The lowest BCUT2D eigenvalue weighted by atomic mass is 9.99. The first-order valence-electron chi connectivity index (χ1n) is 12.3. The third kappa shape index (κ3) is 7.51. The van der Waals surface area contributed by atoms with E-state index in [0.29, 0.717) is 18.5 Å². The van der Waals surface area contributed by atoms with Crippen LogP contribution in [0.3, 0.4) is 0 Å². The van der Waals surface area contributed by atoms with E-state index in [9.17, 15) is 14.0 Å². The molecule has 3 aromatic rings. The molecule has 0 heterocycles. The van der Waals surface area contributed by atoms with Crippen LogP contribution in [0.2, 0.25) is 0 Å². The molecule has 1 N–H and O–H groups in total. The molecular weight excluding hydrogens is 439 g/mol. The molecule has 0 spiro atoms. The Morgan fingerprint density at radius 1 is 0.943 bits per heavy atom. The number of aryl methyl sites for hydroxylation is 2. The summed E-state index contributed by atoms with van der Waals surface area (Å²) in [6.07, 6.45) is 2.31. The van der Waals surface area contributed by atoms with Crippen molar-refractivity contribution in [2.45, 2.75) is 59.0 Å². The monoisotopic (exact) mass is 474 g/mol. The number of hydrogen-bond acceptors (Lipinski definition) is 2. The number of hydrogen-bond donors (Lipinski definition) is 1. The predicted octanol–water partition coefficient (Wildman–Crippen LogP) is 5.54. The maximum atomic E-state index is 14.7. The van der Waals surface area contributed by atoms with Crippen LogP contribution in [0.1, 0.15) is 47.6 Å². The van der Waals surface area contributed by atoms with Crippen molar-refractivity contribution in [3.05, 3.63) is 106 Å². The van der Waals surface area contributed by atoms with Gasteiger partial charge in [-0.1, -0.05) is 85.6 Å². The van der Waals surface area contributed by atoms with Crippen molar-refractivity contribution in [2.75, 3.05) is 6.54 Å². The van der Waals surface area contributed by atoms with E-state index in [0.717, 1.165) is 35.1 Å². The van der Waals surface area contributed by atoms with E-state index in [1.165, 1.54) is 6.07 Å². The minimum absolute atomic E-state index is 0.0229. The smallest absolute Gasteiger partial charge is 0.243 e. The molecule has 3 aromatic carbocycles. The number of nitrogens with one attached hydrogen (secondary N) is 1. The molecule has 2 amide bonds. The number of unbranched alkanes of at least 4 members (excludes halogenated alkanes) is 1. The molecule has 0 aliphatic rings. The molecule has 5 heteroatoms. The lowest BCUT2D eigenvalue weighted by molar-refractivity contribution is -0.140. The van der Waals surface area contributed by atoms with Gasteiger partial charge in [0.05, 0.1) is 6.42 Å². The van der Waals surface area contributed by atoms with Gasteiger partial charge >= 0.3 is 0 Å². The highest BCUT2D eigenvalue weighted by atomic mass is 19.1. The van der Waals surface area contributed by atoms with Crippen LogP contribution in [0.5, 0.6) is 0 Å². The van der Waals surface area contributed by atoms with Gasteiger partial charge in [0.2, 0.25) is 11.8 Å². The van der Waals surface area contributed by atoms with Gasteiger partial charge in [-0.05, 0) is 43.0 Å². The van der Waals surface area contributed by atoms with E-state index >= 15 is 0 Å². The van der Waals surface area contributed by atoms with Crippen LogP contribution < -0.4 is 5.32 Å². The number of carbonyl (C=O) groups excluding carboxylic acids is 2. The molecule has 0 bridgehead atoms. The first-order chi connectivity index (χ1) is 16.9. The average molecular weight is 475 g/mol. The molecule has 0 aliphatic heterocycles. The van der Waals surface area contributed by atoms with E-state index in [4.69, 9.17) is 0 Å². The second-order valence-corrected chi connectivity index (χ2v) is 9.07. The van der Waals surface area contributed by atoms with Crippen LogP contribution in [0, 0.1) is 19.7 Å². The number of benzene rings is 3. The third-order valence-electron chi connectivity index (χ3n) is 6.25. The van der Waals surface area contributed by atoms with Gasteiger partial charge in [0.1, 0.15) is 11.9 Å². The fraction of sp³-hybridized carbons (Fsp3) is 0.333. The van der Waals surface area contributed by atoms with Gasteiger partial charge in [0.25, 0.3) is 0 Å². The summed E-state index contributed by atoms with van der Waals surface area (Å²) >= 11 is 0. The zero-order valence-electron chi connectivity index (χ0n) is 20.9. The fourth-order valence-corrected chi connectivity index (χ4v) is 4.13. The summed E-state index contributed by atoms with van der Waals surface area (Å²) in [5.74, 6) is -0.802. The van der Waals surface area contributed by atoms with Crippen LogP contribution in [0.25, 0.3) is 0 Å². The SMILES string of the molecule is CCCCNC(=O)[C@@H](Cc1ccccc1)N(Cc1ccccc1F)C(=O)Cc1cc(C)ccc1C. The van der Waals surface area contributed by atoms with Gasteiger partial charge in [0, 0.05) is 25.1 Å². The molecule has 35 heavy (non-hydrogen) atoms. The van der Waals surface area contributed by atoms with Crippen molar-refractivity contribution >= 4 is 11.8 Å². The summed E-state index contributed by atoms with van der Waals surface area (Å²) in [5, 5.41) is 3.00. The summed E-state index contributed by atoms with van der Waals surface area (Å²) in [6, 6.07) is 21.3. The lowest BCUT2D eigenvalue weighted by Crippen LogP contribution is -2.51. The van der Waals surface area contributed by atoms with E-state index in [1.807, 2.05) is 62.4 Å². The van der Waals surface area contributed by atoms with E-state index < -0.39 is 6.04 Å². The molecule has 0 aliphatic carbocycles. The Labute approximate surface area is 208 Å². The molecule has 1 atom stereocenters. The minimum atomic E-state index is -0.758. The Kier molecular flexibility index (Phi) is 9.59. The Balaban J connectivity index is 1.98. The second kappa shape index (κ2) is 12.8. The predicted molar refractivity (Wildman–Crippen MR) is 138 cm³/mol. The Morgan fingerprint density at radius 3 is 2.37 bits per heavy atom. The highest BCUT2D eigenvalue weighted by Gasteiger charge is 2.31. The molecule has 0 radical (unpaired) electrons. The van der Waals surface area contributed by atoms with Crippen molar-refractivity contribution in [3.63, 3.8) is 0 Å². The minimum Gasteiger partial charge on any atom is -0.354 e. The number of amides is 2. The highest BCUT2D eigenvalue weighted by molar-refractivity contribution is 5.89. The molecule has 184 valence electrons. The second-order valence-electron chi connectivity index (χ2n) is 9.07. The summed E-state index contributed by atoms with van der Waals surface area (Å²) in [4.78, 5) is 28.7. The maximum absolute atomic E-state index is 14.7. The third-order valence-corrected chi connectivity index (χ3v) is 6.25. The van der Waals surface area contributed by atoms with Crippen LogP contribution in [-0.2, 0) is 29.0 Å². The van der Waals surface area contributed by atoms with Crippen molar-refractivity contribution < 1.29 is 14.0 Å². The quantitative estimate of drug-likeness (QED) is 0.371. The van der Waals surface area contributed by atoms with Gasteiger partial charge in [-0.15, -0.1) is 0 Å². The topological polar surface area (TPSA) is 49.4 Å². The number of carbonyl (C=O) groups is 2. The van der Waals surface area contributed by atoms with Crippen LogP contribution in [-0.4, -0.2) is 29.3 Å². The zero-order valence-corrected chi connectivity index (χ0v) is 20.9. The molecule has 0 aromatic heterocycles. The Hall–Kier alpha value is -3.47. The van der Waals surface area contributed by atoms with Crippen molar-refractivity contribution in [2.24, 2.45) is 0 Å². The van der Waals surface area contributed by atoms with Crippen LogP contribution in [0.4, 0.5) is 4.39 Å². The van der Waals surface area contributed by atoms with Gasteiger partial charge in [0.15, 0.2) is 0 Å². The number of nitrogens with zero attached hydrogens (tertiary/aromatic N) is 1. The molecule has 0 saturated carbocycles. The maximum Gasteiger partial charge on any atom is 0.243 e. The molecule has 0 fully saturated rings. The van der Waals surface area contributed by atoms with E-state index in [-0.39, 0.29) is 30.6 Å². The number of halogens is 1. The van der Waals surface area contributed by atoms with Gasteiger partial charge in [-0.2, -0.15) is 0 Å². The summed E-state index contributed by atoms with van der Waals surface area (Å²) < 4.78 is 14.7. The van der Waals surface area contributed by atoms with E-state index in [1.54, 1.807) is 23.1 Å². The van der Waals surface area contributed by atoms with Crippen molar-refractivity contribution in [1.29, 1.82) is 0 Å². The first-order valence-corrected chi connectivity index (χ1v) is 12.3. The fourth-order valence-electron chi connectivity index (χ4n) is 4.13. The number of rotatable bonds is 11. The van der Waals surface area contributed by atoms with Gasteiger partial charge in [-0.25, -0.2) is 4.39 Å². The largest absolute Gasteiger partial charge is 0.354 e. The van der Waals surface area contributed by atoms with Crippen LogP contribution in [0.15, 0.2) is 72.8 Å². The van der Waals surface area contributed by atoms with Crippen molar-refractivity contribution in [1.82, 2.24) is 10.2 Å². The summed E-state index contributed by atoms with van der Waals surface area (Å²) in [5.41, 5.74) is 4.33. The van der Waals surface area contributed by atoms with Gasteiger partial charge in [-0.3, -0.25) is 9.59 Å². The standard InChI is InChI=1S/C30H35FN2O2/c1-4-5-17-32-30(35)28(19-24-11-7-6-8-12-24)33(21-25-13-9-10-14-27(25)31)29(34)20-26-18-22(2)15-16-23(26)3/h6-16,18,28H,4-5,17,19-21H2,1-3H3,(H,32,35)/t28-/m1/s1. The average Bonchev–Trinajstić information content (AvgIpc) is 2.85. The van der Waals surface area contributed by atoms with Gasteiger partial charge < -0.3 is 10.2 Å². The van der Waals surface area contributed by atoms with Crippen molar-refractivity contribution in [3.8, 4) is 0 Å². The molecule has 4 nitrogen and oxygen atoms in total. The highest BCUT2D eigenvalue weighted by Crippen LogP contribution is 2.19. The molecular formula is C30H35FN2O2. The molecule has 3 rings (SSSR count). The lowest BCUT2D eigenvalue weighted by Gasteiger charge is -2.32. The van der Waals surface area contributed by atoms with Crippen LogP contribution >= 0.6 is 0 Å². The summed E-state index contributed by atoms with van der Waals surface area (Å²) in [7, 11) is 0. The van der Waals surface area contributed by atoms with E-state index in [2.05, 4.69) is 12.2 Å².